The van der Waals surface area contributed by atoms with Crippen molar-refractivity contribution < 1.29 is 4.79 Å². The van der Waals surface area contributed by atoms with Gasteiger partial charge in [0.15, 0.2) is 0 Å². The fourth-order valence-corrected chi connectivity index (χ4v) is 3.70. The molecule has 1 amide bonds. The first-order valence-electron chi connectivity index (χ1n) is 6.94. The second-order valence-electron chi connectivity index (χ2n) is 5.13. The van der Waals surface area contributed by atoms with Crippen LogP contribution in [-0.4, -0.2) is 5.91 Å². The lowest BCUT2D eigenvalue weighted by atomic mass is 9.87. The number of aryl methyl sites for hydroxylation is 1. The molecule has 112 valence electrons. The predicted octanol–water partition coefficient (Wildman–Crippen LogP) is 3.69. The molecule has 1 aliphatic rings. The van der Waals surface area contributed by atoms with Crippen molar-refractivity contribution in [1.82, 2.24) is 0 Å². The Kier molecular flexibility index (Phi) is 5.39. The molecule has 0 bridgehead atoms. The third-order valence-electron chi connectivity index (χ3n) is 3.83. The zero-order valence-corrected chi connectivity index (χ0v) is 13.3. The smallest absolute Gasteiger partial charge is 0.231 e. The van der Waals surface area contributed by atoms with Gasteiger partial charge in [-0.2, -0.15) is 0 Å². The SMILES string of the molecule is Cl.NCc1ccc(NC(=O)C2CCCc3sccc32)cc1. The quantitative estimate of drug-likeness (QED) is 0.905. The zero-order chi connectivity index (χ0) is 13.9. The minimum Gasteiger partial charge on any atom is -0.326 e. The molecule has 3 rings (SSSR count). The van der Waals surface area contributed by atoms with Crippen LogP contribution in [0.4, 0.5) is 5.69 Å². The summed E-state index contributed by atoms with van der Waals surface area (Å²) in [6, 6.07) is 9.83. The standard InChI is InChI=1S/C16H18N2OS.ClH/c17-10-11-4-6-12(7-5-11)18-16(19)14-2-1-3-15-13(14)8-9-20-15;/h4-9,14H,1-3,10,17H2,(H,18,19);1H. The number of rotatable bonds is 3. The Morgan fingerprint density at radius 3 is 2.76 bits per heavy atom. The molecule has 1 atom stereocenters. The van der Waals surface area contributed by atoms with E-state index in [4.69, 9.17) is 5.73 Å². The monoisotopic (exact) mass is 322 g/mol. The van der Waals surface area contributed by atoms with E-state index in [9.17, 15) is 4.79 Å². The number of thiophene rings is 1. The number of carbonyl (C=O) groups is 1. The first-order valence-corrected chi connectivity index (χ1v) is 7.82. The number of carbonyl (C=O) groups excluding carboxylic acids is 1. The molecule has 0 radical (unpaired) electrons. The number of anilines is 1. The molecule has 1 aromatic carbocycles. The average molecular weight is 323 g/mol. The van der Waals surface area contributed by atoms with Crippen LogP contribution in [0.25, 0.3) is 0 Å². The van der Waals surface area contributed by atoms with Gasteiger partial charge in [0, 0.05) is 17.1 Å². The summed E-state index contributed by atoms with van der Waals surface area (Å²) in [6.45, 7) is 0.523. The highest BCUT2D eigenvalue weighted by Crippen LogP contribution is 2.35. The molecule has 0 spiro atoms. The molecule has 0 saturated heterocycles. The molecule has 3 nitrogen and oxygen atoms in total. The fourth-order valence-electron chi connectivity index (χ4n) is 2.71. The summed E-state index contributed by atoms with van der Waals surface area (Å²) >= 11 is 1.76. The third-order valence-corrected chi connectivity index (χ3v) is 4.82. The van der Waals surface area contributed by atoms with E-state index in [2.05, 4.69) is 16.8 Å². The van der Waals surface area contributed by atoms with Crippen LogP contribution in [0.3, 0.4) is 0 Å². The summed E-state index contributed by atoms with van der Waals surface area (Å²) in [6.07, 6.45) is 3.15. The van der Waals surface area contributed by atoms with Crippen LogP contribution in [-0.2, 0) is 17.8 Å². The van der Waals surface area contributed by atoms with Gasteiger partial charge in [0.25, 0.3) is 0 Å². The molecule has 1 heterocycles. The van der Waals surface area contributed by atoms with Gasteiger partial charge in [-0.1, -0.05) is 12.1 Å². The first-order chi connectivity index (χ1) is 9.78. The third kappa shape index (κ3) is 3.46. The summed E-state index contributed by atoms with van der Waals surface area (Å²) in [7, 11) is 0. The van der Waals surface area contributed by atoms with E-state index in [1.165, 1.54) is 10.4 Å². The molecule has 5 heteroatoms. The Balaban J connectivity index is 0.00000161. The molecular weight excluding hydrogens is 304 g/mol. The van der Waals surface area contributed by atoms with Gasteiger partial charge in [-0.05, 0) is 54.0 Å². The zero-order valence-electron chi connectivity index (χ0n) is 11.7. The van der Waals surface area contributed by atoms with E-state index < -0.39 is 0 Å². The van der Waals surface area contributed by atoms with Gasteiger partial charge in [0.2, 0.25) is 5.91 Å². The maximum Gasteiger partial charge on any atom is 0.231 e. The molecule has 0 fully saturated rings. The van der Waals surface area contributed by atoms with E-state index >= 15 is 0 Å². The lowest BCUT2D eigenvalue weighted by molar-refractivity contribution is -0.117. The molecule has 21 heavy (non-hydrogen) atoms. The van der Waals surface area contributed by atoms with Crippen molar-refractivity contribution in [2.24, 2.45) is 5.73 Å². The molecule has 3 N–H and O–H groups in total. The lowest BCUT2D eigenvalue weighted by Gasteiger charge is -2.21. The van der Waals surface area contributed by atoms with Crippen LogP contribution in [0.15, 0.2) is 35.7 Å². The van der Waals surface area contributed by atoms with Gasteiger partial charge in [-0.25, -0.2) is 0 Å². The summed E-state index contributed by atoms with van der Waals surface area (Å²) in [4.78, 5) is 13.8. The molecule has 0 saturated carbocycles. The van der Waals surface area contributed by atoms with Crippen LogP contribution in [0.1, 0.15) is 34.8 Å². The Morgan fingerprint density at radius 1 is 1.29 bits per heavy atom. The van der Waals surface area contributed by atoms with E-state index in [0.717, 1.165) is 30.5 Å². The van der Waals surface area contributed by atoms with Crippen LogP contribution < -0.4 is 11.1 Å². The highest BCUT2D eigenvalue weighted by Gasteiger charge is 2.27. The number of fused-ring (bicyclic) bond motifs is 1. The van der Waals surface area contributed by atoms with Gasteiger partial charge in [0.05, 0.1) is 5.92 Å². The van der Waals surface area contributed by atoms with Crippen LogP contribution in [0.2, 0.25) is 0 Å². The number of nitrogens with one attached hydrogen (secondary N) is 1. The molecule has 1 aliphatic carbocycles. The van der Waals surface area contributed by atoms with E-state index in [1.807, 2.05) is 24.3 Å². The molecule has 2 aromatic rings. The fraction of sp³-hybridized carbons (Fsp3) is 0.312. The number of nitrogens with two attached hydrogens (primary N) is 1. The van der Waals surface area contributed by atoms with Crippen molar-refractivity contribution in [1.29, 1.82) is 0 Å². The Hall–Kier alpha value is -1.36. The minimum absolute atomic E-state index is 0. The maximum absolute atomic E-state index is 12.5. The molecular formula is C16H19ClN2OS. The second kappa shape index (κ2) is 7.07. The van der Waals surface area contributed by atoms with Gasteiger partial charge in [0.1, 0.15) is 0 Å². The van der Waals surface area contributed by atoms with Crippen molar-refractivity contribution >= 4 is 35.3 Å². The van der Waals surface area contributed by atoms with Crippen LogP contribution >= 0.6 is 23.7 Å². The number of hydrogen-bond donors (Lipinski definition) is 2. The van der Waals surface area contributed by atoms with E-state index in [-0.39, 0.29) is 24.2 Å². The Bertz CT molecular complexity index is 609. The number of amides is 1. The van der Waals surface area contributed by atoms with Crippen molar-refractivity contribution in [3.63, 3.8) is 0 Å². The summed E-state index contributed by atoms with van der Waals surface area (Å²) in [5.41, 5.74) is 8.71. The Morgan fingerprint density at radius 2 is 2.05 bits per heavy atom. The van der Waals surface area contributed by atoms with Crippen molar-refractivity contribution in [3.05, 3.63) is 51.7 Å². The van der Waals surface area contributed by atoms with Crippen molar-refractivity contribution in [2.75, 3.05) is 5.32 Å². The average Bonchev–Trinajstić information content (AvgIpc) is 2.96. The van der Waals surface area contributed by atoms with Crippen LogP contribution in [0, 0.1) is 0 Å². The number of hydrogen-bond acceptors (Lipinski definition) is 3. The Labute approximate surface area is 135 Å². The normalized spacial score (nSPS) is 16.7. The summed E-state index contributed by atoms with van der Waals surface area (Å²) in [5.74, 6) is 0.101. The van der Waals surface area contributed by atoms with Crippen molar-refractivity contribution in [3.8, 4) is 0 Å². The second-order valence-corrected chi connectivity index (χ2v) is 6.13. The maximum atomic E-state index is 12.5. The minimum atomic E-state index is -0.000755. The number of benzene rings is 1. The van der Waals surface area contributed by atoms with Gasteiger partial charge >= 0.3 is 0 Å². The van der Waals surface area contributed by atoms with Gasteiger partial charge in [-0.3, -0.25) is 4.79 Å². The molecule has 1 unspecified atom stereocenters. The van der Waals surface area contributed by atoms with E-state index in [1.54, 1.807) is 11.3 Å². The summed E-state index contributed by atoms with van der Waals surface area (Å²) < 4.78 is 0. The highest BCUT2D eigenvalue weighted by molar-refractivity contribution is 7.10. The van der Waals surface area contributed by atoms with Crippen molar-refractivity contribution in [2.45, 2.75) is 31.7 Å². The lowest BCUT2D eigenvalue weighted by Crippen LogP contribution is -2.23. The molecule has 0 aliphatic heterocycles. The topological polar surface area (TPSA) is 55.1 Å². The summed E-state index contributed by atoms with van der Waals surface area (Å²) in [5, 5.41) is 5.11. The van der Waals surface area contributed by atoms with Gasteiger partial charge in [-0.15, -0.1) is 23.7 Å². The van der Waals surface area contributed by atoms with E-state index in [0.29, 0.717) is 6.54 Å². The van der Waals surface area contributed by atoms with Crippen LogP contribution in [0.5, 0.6) is 0 Å². The van der Waals surface area contributed by atoms with Gasteiger partial charge < -0.3 is 11.1 Å². The largest absolute Gasteiger partial charge is 0.326 e. The predicted molar refractivity (Wildman–Crippen MR) is 90.2 cm³/mol. The molecule has 1 aromatic heterocycles. The highest BCUT2D eigenvalue weighted by atomic mass is 35.5. The first kappa shape index (κ1) is 16.0. The number of halogens is 1.